The lowest BCUT2D eigenvalue weighted by molar-refractivity contribution is 1.27. The molecule has 2 heteroatoms. The SMILES string of the molecule is N#Cc1cc(-c2ccc3ccccc3c2)ccn1. The maximum absolute atomic E-state index is 8.87. The largest absolute Gasteiger partial charge is 0.246 e. The van der Waals surface area contributed by atoms with Crippen molar-refractivity contribution in [3.8, 4) is 17.2 Å². The average molecular weight is 230 g/mol. The molecule has 0 aliphatic carbocycles. The number of fused-ring (bicyclic) bond motifs is 1. The predicted octanol–water partition coefficient (Wildman–Crippen LogP) is 3.77. The summed E-state index contributed by atoms with van der Waals surface area (Å²) in [5, 5.41) is 11.3. The normalized spacial score (nSPS) is 10.2. The molecule has 2 aromatic carbocycles. The highest BCUT2D eigenvalue weighted by Crippen LogP contribution is 2.24. The van der Waals surface area contributed by atoms with E-state index < -0.39 is 0 Å². The smallest absolute Gasteiger partial charge is 0.141 e. The summed E-state index contributed by atoms with van der Waals surface area (Å²) >= 11 is 0. The van der Waals surface area contributed by atoms with Gasteiger partial charge in [-0.25, -0.2) is 4.98 Å². The van der Waals surface area contributed by atoms with Gasteiger partial charge in [0.25, 0.3) is 0 Å². The van der Waals surface area contributed by atoms with Crippen molar-refractivity contribution in [2.45, 2.75) is 0 Å². The molecule has 0 atom stereocenters. The average Bonchev–Trinajstić information content (AvgIpc) is 2.47. The number of rotatable bonds is 1. The van der Waals surface area contributed by atoms with Crippen LogP contribution in [0.4, 0.5) is 0 Å². The standard InChI is InChI=1S/C16H10N2/c17-11-16-10-15(7-8-18-16)14-6-5-12-3-1-2-4-13(12)9-14/h1-10H. The second-order valence-corrected chi connectivity index (χ2v) is 4.10. The minimum Gasteiger partial charge on any atom is -0.246 e. The van der Waals surface area contributed by atoms with Crippen molar-refractivity contribution >= 4 is 10.8 Å². The molecule has 3 rings (SSSR count). The molecular weight excluding hydrogens is 220 g/mol. The lowest BCUT2D eigenvalue weighted by Gasteiger charge is -2.04. The molecule has 18 heavy (non-hydrogen) atoms. The second kappa shape index (κ2) is 4.31. The molecule has 2 nitrogen and oxygen atoms in total. The Morgan fingerprint density at radius 2 is 1.61 bits per heavy atom. The van der Waals surface area contributed by atoms with Crippen LogP contribution < -0.4 is 0 Å². The molecule has 1 aromatic heterocycles. The van der Waals surface area contributed by atoms with E-state index in [1.165, 1.54) is 10.8 Å². The van der Waals surface area contributed by atoms with Gasteiger partial charge in [-0.15, -0.1) is 0 Å². The van der Waals surface area contributed by atoms with Crippen LogP contribution >= 0.6 is 0 Å². The fourth-order valence-corrected chi connectivity index (χ4v) is 2.04. The summed E-state index contributed by atoms with van der Waals surface area (Å²) in [5.74, 6) is 0. The second-order valence-electron chi connectivity index (χ2n) is 4.10. The molecule has 0 bridgehead atoms. The molecular formula is C16H10N2. The number of aromatic nitrogens is 1. The molecule has 0 aliphatic heterocycles. The monoisotopic (exact) mass is 230 g/mol. The van der Waals surface area contributed by atoms with Gasteiger partial charge in [-0.05, 0) is 40.1 Å². The third-order valence-corrected chi connectivity index (χ3v) is 2.96. The van der Waals surface area contributed by atoms with E-state index in [-0.39, 0.29) is 0 Å². The quantitative estimate of drug-likeness (QED) is 0.638. The molecule has 0 saturated carbocycles. The van der Waals surface area contributed by atoms with Crippen LogP contribution in [0.15, 0.2) is 60.8 Å². The minimum absolute atomic E-state index is 0.445. The lowest BCUT2D eigenvalue weighted by atomic mass is 10.0. The van der Waals surface area contributed by atoms with Gasteiger partial charge < -0.3 is 0 Å². The molecule has 0 saturated heterocycles. The van der Waals surface area contributed by atoms with Crippen LogP contribution in [0, 0.1) is 11.3 Å². The first-order valence-corrected chi connectivity index (χ1v) is 5.72. The van der Waals surface area contributed by atoms with Crippen LogP contribution in [0.25, 0.3) is 21.9 Å². The van der Waals surface area contributed by atoms with Gasteiger partial charge in [-0.2, -0.15) is 5.26 Å². The Morgan fingerprint density at radius 1 is 0.833 bits per heavy atom. The van der Waals surface area contributed by atoms with Crippen LogP contribution in [0.2, 0.25) is 0 Å². The molecule has 0 fully saturated rings. The maximum Gasteiger partial charge on any atom is 0.141 e. The van der Waals surface area contributed by atoms with E-state index in [0.717, 1.165) is 11.1 Å². The van der Waals surface area contributed by atoms with E-state index in [0.29, 0.717) is 5.69 Å². The van der Waals surface area contributed by atoms with Gasteiger partial charge in [-0.1, -0.05) is 36.4 Å². The lowest BCUT2D eigenvalue weighted by Crippen LogP contribution is -1.84. The summed E-state index contributed by atoms with van der Waals surface area (Å²) in [4.78, 5) is 3.98. The zero-order chi connectivity index (χ0) is 12.4. The van der Waals surface area contributed by atoms with Gasteiger partial charge in [0.05, 0.1) is 0 Å². The van der Waals surface area contributed by atoms with Crippen molar-refractivity contribution in [3.05, 3.63) is 66.5 Å². The first-order chi connectivity index (χ1) is 8.86. The van der Waals surface area contributed by atoms with E-state index in [1.807, 2.05) is 24.3 Å². The molecule has 0 amide bonds. The van der Waals surface area contributed by atoms with E-state index in [1.54, 1.807) is 6.20 Å². The molecule has 0 aliphatic rings. The molecule has 0 radical (unpaired) electrons. The maximum atomic E-state index is 8.87. The zero-order valence-electron chi connectivity index (χ0n) is 9.67. The van der Waals surface area contributed by atoms with Crippen LogP contribution in [0.1, 0.15) is 5.69 Å². The molecule has 3 aromatic rings. The molecule has 0 spiro atoms. The van der Waals surface area contributed by atoms with Crippen LogP contribution in [0.5, 0.6) is 0 Å². The van der Waals surface area contributed by atoms with Crippen LogP contribution in [-0.4, -0.2) is 4.98 Å². The Balaban J connectivity index is 2.16. The van der Waals surface area contributed by atoms with Crippen molar-refractivity contribution in [3.63, 3.8) is 0 Å². The fourth-order valence-electron chi connectivity index (χ4n) is 2.04. The van der Waals surface area contributed by atoms with Crippen molar-refractivity contribution < 1.29 is 0 Å². The van der Waals surface area contributed by atoms with Gasteiger partial charge in [-0.3, -0.25) is 0 Å². The van der Waals surface area contributed by atoms with E-state index in [4.69, 9.17) is 5.26 Å². The highest BCUT2D eigenvalue weighted by molar-refractivity contribution is 5.87. The van der Waals surface area contributed by atoms with Crippen molar-refractivity contribution in [2.75, 3.05) is 0 Å². The van der Waals surface area contributed by atoms with Gasteiger partial charge in [0.2, 0.25) is 0 Å². The van der Waals surface area contributed by atoms with Crippen LogP contribution in [-0.2, 0) is 0 Å². The predicted molar refractivity (Wildman–Crippen MR) is 71.9 cm³/mol. The van der Waals surface area contributed by atoms with Crippen LogP contribution in [0.3, 0.4) is 0 Å². The number of nitrogens with zero attached hydrogens (tertiary/aromatic N) is 2. The molecule has 1 heterocycles. The summed E-state index contributed by atoms with van der Waals surface area (Å²) in [5.41, 5.74) is 2.57. The third kappa shape index (κ3) is 1.83. The summed E-state index contributed by atoms with van der Waals surface area (Å²) in [6, 6.07) is 20.3. The first-order valence-electron chi connectivity index (χ1n) is 5.72. The number of benzene rings is 2. The zero-order valence-corrected chi connectivity index (χ0v) is 9.67. The number of hydrogen-bond acceptors (Lipinski definition) is 2. The summed E-state index contributed by atoms with van der Waals surface area (Å²) in [7, 11) is 0. The van der Waals surface area contributed by atoms with Crippen molar-refractivity contribution in [1.29, 1.82) is 5.26 Å². The Kier molecular flexibility index (Phi) is 2.51. The molecule has 0 N–H and O–H groups in total. The van der Waals surface area contributed by atoms with Crippen molar-refractivity contribution in [2.24, 2.45) is 0 Å². The van der Waals surface area contributed by atoms with Gasteiger partial charge in [0.1, 0.15) is 11.8 Å². The number of nitriles is 1. The topological polar surface area (TPSA) is 36.7 Å². The fraction of sp³-hybridized carbons (Fsp3) is 0. The van der Waals surface area contributed by atoms with Gasteiger partial charge in [0.15, 0.2) is 0 Å². The third-order valence-electron chi connectivity index (χ3n) is 2.96. The van der Waals surface area contributed by atoms with E-state index >= 15 is 0 Å². The molecule has 0 unspecified atom stereocenters. The Bertz CT molecular complexity index is 754. The summed E-state index contributed by atoms with van der Waals surface area (Å²) in [6.45, 7) is 0. The number of pyridine rings is 1. The summed E-state index contributed by atoms with van der Waals surface area (Å²) in [6.07, 6.45) is 1.67. The Morgan fingerprint density at radius 3 is 2.44 bits per heavy atom. The Labute approximate surface area is 105 Å². The minimum atomic E-state index is 0.445. The highest BCUT2D eigenvalue weighted by Gasteiger charge is 2.01. The van der Waals surface area contributed by atoms with E-state index in [9.17, 15) is 0 Å². The Hall–Kier alpha value is -2.66. The van der Waals surface area contributed by atoms with Crippen molar-refractivity contribution in [1.82, 2.24) is 4.98 Å². The van der Waals surface area contributed by atoms with Gasteiger partial charge >= 0.3 is 0 Å². The highest BCUT2D eigenvalue weighted by atomic mass is 14.7. The number of hydrogen-bond donors (Lipinski definition) is 0. The van der Waals surface area contributed by atoms with E-state index in [2.05, 4.69) is 41.4 Å². The van der Waals surface area contributed by atoms with Gasteiger partial charge in [0, 0.05) is 6.20 Å². The summed E-state index contributed by atoms with van der Waals surface area (Å²) < 4.78 is 0. The molecule has 84 valence electrons. The first kappa shape index (κ1) is 10.5.